The number of anilines is 1. The summed E-state index contributed by atoms with van der Waals surface area (Å²) < 4.78 is 16.2. The summed E-state index contributed by atoms with van der Waals surface area (Å²) in [6.07, 6.45) is 0.825. The zero-order chi connectivity index (χ0) is 23.2. The lowest BCUT2D eigenvalue weighted by atomic mass is 9.82. The van der Waals surface area contributed by atoms with Crippen LogP contribution in [0.1, 0.15) is 28.4 Å². The first kappa shape index (κ1) is 20.9. The number of nitrogens with one attached hydrogen (secondary N) is 1. The number of likely N-dealkylation sites (tertiary alicyclic amines) is 1. The number of carbonyl (C=O) groups is 1. The second-order valence-electron chi connectivity index (χ2n) is 8.93. The molecule has 3 aromatic carbocycles. The number of carbonyl (C=O) groups excluding carboxylic acids is 1. The van der Waals surface area contributed by atoms with Gasteiger partial charge in [-0.1, -0.05) is 18.2 Å². The highest BCUT2D eigenvalue weighted by molar-refractivity contribution is 5.95. The van der Waals surface area contributed by atoms with Crippen LogP contribution in [0.5, 0.6) is 17.2 Å². The van der Waals surface area contributed by atoms with E-state index in [1.54, 1.807) is 25.3 Å². The van der Waals surface area contributed by atoms with Gasteiger partial charge >= 0.3 is 0 Å². The lowest BCUT2D eigenvalue weighted by Crippen LogP contribution is -2.42. The quantitative estimate of drug-likeness (QED) is 0.613. The molecule has 3 heterocycles. The maximum atomic E-state index is 13.7. The van der Waals surface area contributed by atoms with E-state index in [2.05, 4.69) is 23.5 Å². The van der Waals surface area contributed by atoms with E-state index in [0.717, 1.165) is 34.5 Å². The lowest BCUT2D eigenvalue weighted by molar-refractivity contribution is 0.0700. The van der Waals surface area contributed by atoms with Gasteiger partial charge in [-0.2, -0.15) is 0 Å². The average molecular weight is 459 g/mol. The van der Waals surface area contributed by atoms with Gasteiger partial charge in [-0.3, -0.25) is 4.79 Å². The van der Waals surface area contributed by atoms with Crippen molar-refractivity contribution in [1.29, 1.82) is 0 Å². The number of amides is 1. The molecule has 7 heteroatoms. The molecule has 6 rings (SSSR count). The molecule has 0 unspecified atom stereocenters. The van der Waals surface area contributed by atoms with Crippen LogP contribution < -0.4 is 19.5 Å². The molecule has 7 nitrogen and oxygen atoms in total. The molecule has 3 aliphatic heterocycles. The lowest BCUT2D eigenvalue weighted by Gasteiger charge is -2.39. The van der Waals surface area contributed by atoms with Crippen molar-refractivity contribution in [3.05, 3.63) is 71.8 Å². The van der Waals surface area contributed by atoms with E-state index in [9.17, 15) is 9.90 Å². The zero-order valence-electron chi connectivity index (χ0n) is 18.9. The van der Waals surface area contributed by atoms with E-state index in [0.29, 0.717) is 23.6 Å². The largest absolute Gasteiger partial charge is 0.497 e. The molecule has 0 aromatic heterocycles. The molecule has 3 aromatic rings. The Morgan fingerprint density at radius 1 is 1.06 bits per heavy atom. The van der Waals surface area contributed by atoms with Crippen LogP contribution in [-0.4, -0.2) is 49.0 Å². The molecular weight excluding hydrogens is 432 g/mol. The fourth-order valence-corrected chi connectivity index (χ4v) is 5.45. The van der Waals surface area contributed by atoms with Crippen molar-refractivity contribution in [3.8, 4) is 28.4 Å². The minimum absolute atomic E-state index is 0.0207. The summed E-state index contributed by atoms with van der Waals surface area (Å²) in [7, 11) is 1.66. The zero-order valence-corrected chi connectivity index (χ0v) is 18.9. The van der Waals surface area contributed by atoms with Gasteiger partial charge in [-0.05, 0) is 65.6 Å². The Labute approximate surface area is 197 Å². The summed E-state index contributed by atoms with van der Waals surface area (Å²) in [6, 6.07) is 19.4. The Hall–Kier alpha value is -3.71. The van der Waals surface area contributed by atoms with Crippen LogP contribution in [-0.2, 0) is 0 Å². The summed E-state index contributed by atoms with van der Waals surface area (Å²) in [6.45, 7) is 0.826. The molecule has 1 amide bonds. The van der Waals surface area contributed by atoms with E-state index < -0.39 is 0 Å². The summed E-state index contributed by atoms with van der Waals surface area (Å²) >= 11 is 0. The van der Waals surface area contributed by atoms with Gasteiger partial charge < -0.3 is 29.5 Å². The van der Waals surface area contributed by atoms with E-state index in [1.807, 2.05) is 29.2 Å². The van der Waals surface area contributed by atoms with Crippen LogP contribution in [0, 0.1) is 5.92 Å². The van der Waals surface area contributed by atoms with Crippen molar-refractivity contribution in [2.75, 3.05) is 32.4 Å². The predicted octanol–water partition coefficient (Wildman–Crippen LogP) is 4.08. The number of methoxy groups -OCH3 is 1. The molecule has 34 heavy (non-hydrogen) atoms. The molecule has 2 N–H and O–H groups in total. The van der Waals surface area contributed by atoms with Gasteiger partial charge in [0.25, 0.3) is 5.91 Å². The number of hydrogen-bond donors (Lipinski definition) is 2. The second-order valence-corrected chi connectivity index (χ2v) is 8.93. The van der Waals surface area contributed by atoms with Crippen molar-refractivity contribution in [1.82, 2.24) is 4.90 Å². The molecule has 174 valence electrons. The van der Waals surface area contributed by atoms with Crippen LogP contribution in [0.3, 0.4) is 0 Å². The van der Waals surface area contributed by atoms with Crippen molar-refractivity contribution in [3.63, 3.8) is 0 Å². The fourth-order valence-electron chi connectivity index (χ4n) is 5.45. The number of rotatable bonds is 4. The van der Waals surface area contributed by atoms with E-state index in [4.69, 9.17) is 14.2 Å². The molecule has 0 saturated carbocycles. The van der Waals surface area contributed by atoms with Gasteiger partial charge in [-0.15, -0.1) is 0 Å². The SMILES string of the molecule is COc1ccc(-c2ccc3c(c2)[C@H]2[C@H](CCN2C(=O)c2ccc4c(c2)OCO4)[C@H](CO)N3)cc1. The van der Waals surface area contributed by atoms with Gasteiger partial charge in [0.05, 0.1) is 25.8 Å². The molecule has 0 bridgehead atoms. The van der Waals surface area contributed by atoms with E-state index in [1.165, 1.54) is 0 Å². The molecule has 3 atom stereocenters. The van der Waals surface area contributed by atoms with Gasteiger partial charge in [0.2, 0.25) is 6.79 Å². The Balaban J connectivity index is 1.38. The monoisotopic (exact) mass is 458 g/mol. The van der Waals surface area contributed by atoms with Crippen molar-refractivity contribution in [2.24, 2.45) is 5.92 Å². The average Bonchev–Trinajstić information content (AvgIpc) is 3.55. The van der Waals surface area contributed by atoms with Crippen LogP contribution >= 0.6 is 0 Å². The summed E-state index contributed by atoms with van der Waals surface area (Å²) in [4.78, 5) is 15.6. The third-order valence-corrected chi connectivity index (χ3v) is 7.17. The second kappa shape index (κ2) is 8.25. The topological polar surface area (TPSA) is 80.3 Å². The molecular formula is C27H26N2O5. The third-order valence-electron chi connectivity index (χ3n) is 7.17. The molecule has 1 saturated heterocycles. The minimum Gasteiger partial charge on any atom is -0.497 e. The predicted molar refractivity (Wildman–Crippen MR) is 127 cm³/mol. The maximum absolute atomic E-state index is 13.7. The standard InChI is InChI=1S/C27H26N2O5/c1-32-19-6-2-16(3-7-19)17-4-8-22-21(12-17)26-20(23(14-30)28-22)10-11-29(26)27(31)18-5-9-24-25(13-18)34-15-33-24/h2-9,12-13,20,23,26,28,30H,10-11,14-15H2,1H3/t20-,23+,26-/m1/s1. The Bertz CT molecular complexity index is 1240. The number of hydrogen-bond acceptors (Lipinski definition) is 6. The first-order valence-electron chi connectivity index (χ1n) is 11.5. The summed E-state index contributed by atoms with van der Waals surface area (Å²) in [5, 5.41) is 13.6. The highest BCUT2D eigenvalue weighted by atomic mass is 16.7. The number of ether oxygens (including phenoxy) is 3. The smallest absolute Gasteiger partial charge is 0.254 e. The minimum atomic E-state index is -0.121. The normalized spacial score (nSPS) is 22.1. The number of aliphatic hydroxyl groups excluding tert-OH is 1. The molecule has 0 radical (unpaired) electrons. The van der Waals surface area contributed by atoms with E-state index in [-0.39, 0.29) is 37.3 Å². The summed E-state index contributed by atoms with van der Waals surface area (Å²) in [5.74, 6) is 2.16. The van der Waals surface area contributed by atoms with Gasteiger partial charge in [-0.25, -0.2) is 0 Å². The highest BCUT2D eigenvalue weighted by Gasteiger charge is 2.46. The number of fused-ring (bicyclic) bond motifs is 4. The van der Waals surface area contributed by atoms with Gasteiger partial charge in [0.1, 0.15) is 5.75 Å². The molecule has 3 aliphatic rings. The Morgan fingerprint density at radius 2 is 1.85 bits per heavy atom. The molecule has 1 fully saturated rings. The number of nitrogens with zero attached hydrogens (tertiary/aromatic N) is 1. The van der Waals surface area contributed by atoms with Crippen LogP contribution in [0.25, 0.3) is 11.1 Å². The summed E-state index contributed by atoms with van der Waals surface area (Å²) in [5.41, 5.74) is 4.78. The van der Waals surface area contributed by atoms with Crippen molar-refractivity contribution < 1.29 is 24.1 Å². The first-order valence-corrected chi connectivity index (χ1v) is 11.5. The van der Waals surface area contributed by atoms with Crippen LogP contribution in [0.15, 0.2) is 60.7 Å². The van der Waals surface area contributed by atoms with Crippen LogP contribution in [0.4, 0.5) is 5.69 Å². The van der Waals surface area contributed by atoms with Gasteiger partial charge in [0.15, 0.2) is 11.5 Å². The van der Waals surface area contributed by atoms with Gasteiger partial charge in [0, 0.05) is 23.7 Å². The molecule has 0 aliphatic carbocycles. The highest BCUT2D eigenvalue weighted by Crippen LogP contribution is 2.48. The number of aliphatic hydroxyl groups is 1. The fraction of sp³-hybridized carbons (Fsp3) is 0.296. The third kappa shape index (κ3) is 3.35. The molecule has 0 spiro atoms. The van der Waals surface area contributed by atoms with E-state index >= 15 is 0 Å². The first-order chi connectivity index (χ1) is 16.7. The Morgan fingerprint density at radius 3 is 2.65 bits per heavy atom. The maximum Gasteiger partial charge on any atom is 0.254 e. The van der Waals surface area contributed by atoms with Crippen molar-refractivity contribution in [2.45, 2.75) is 18.5 Å². The number of benzene rings is 3. The van der Waals surface area contributed by atoms with Crippen molar-refractivity contribution >= 4 is 11.6 Å². The Kier molecular flexibility index (Phi) is 5.07. The van der Waals surface area contributed by atoms with Crippen LogP contribution in [0.2, 0.25) is 0 Å².